The summed E-state index contributed by atoms with van der Waals surface area (Å²) in [6.07, 6.45) is 4.74. The molecule has 3 aromatic rings. The van der Waals surface area contributed by atoms with Gasteiger partial charge in [0.15, 0.2) is 0 Å². The van der Waals surface area contributed by atoms with Crippen molar-refractivity contribution in [3.63, 3.8) is 0 Å². The van der Waals surface area contributed by atoms with E-state index in [-0.39, 0.29) is 4.90 Å². The van der Waals surface area contributed by atoms with Gasteiger partial charge in [-0.05, 0) is 49.4 Å². The molecule has 1 aromatic heterocycles. The minimum atomic E-state index is -3.69. The number of aryl methyl sites for hydroxylation is 1. The van der Waals surface area contributed by atoms with Gasteiger partial charge in [0.25, 0.3) is 15.9 Å². The first-order valence-corrected chi connectivity index (χ1v) is 9.85. The predicted octanol–water partition coefficient (Wildman–Crippen LogP) is 2.95. The minimum Gasteiger partial charge on any atom is -0.280 e. The molecule has 1 amide bonds. The smallest absolute Gasteiger partial charge is 0.271 e. The average molecular weight is 394 g/mol. The predicted molar refractivity (Wildman–Crippen MR) is 108 cm³/mol. The highest BCUT2D eigenvalue weighted by molar-refractivity contribution is 7.92. The van der Waals surface area contributed by atoms with Crippen LogP contribution in [0.3, 0.4) is 0 Å². The second-order valence-corrected chi connectivity index (χ2v) is 7.66. The fraction of sp³-hybridized carbons (Fsp3) is 0.0500. The van der Waals surface area contributed by atoms with E-state index in [1.54, 1.807) is 48.8 Å². The molecule has 2 aromatic carbocycles. The molecule has 0 aliphatic heterocycles. The Hall–Kier alpha value is -3.52. The highest BCUT2D eigenvalue weighted by Crippen LogP contribution is 2.17. The van der Waals surface area contributed by atoms with Gasteiger partial charge in [0.05, 0.1) is 11.1 Å². The van der Waals surface area contributed by atoms with Crippen LogP contribution < -0.4 is 10.1 Å². The molecule has 1 heterocycles. The van der Waals surface area contributed by atoms with Crippen LogP contribution in [0.1, 0.15) is 21.5 Å². The van der Waals surface area contributed by atoms with Gasteiger partial charge in [-0.1, -0.05) is 23.8 Å². The molecule has 0 atom stereocenters. The summed E-state index contributed by atoms with van der Waals surface area (Å²) in [6, 6.07) is 16.2. The number of nitrogens with zero attached hydrogens (tertiary/aromatic N) is 2. The number of nitrogens with one attached hydrogen (secondary N) is 2. The zero-order chi connectivity index (χ0) is 20.0. The number of aromatic nitrogens is 1. The van der Waals surface area contributed by atoms with Crippen LogP contribution in [-0.4, -0.2) is 25.5 Å². The van der Waals surface area contributed by atoms with Crippen molar-refractivity contribution in [1.82, 2.24) is 10.4 Å². The molecular formula is C20H18N4O3S. The SMILES string of the molecule is Cc1ccc(S(=O)(=O)Nc2ccc(C(=O)NN=Cc3cccnc3)cc2)cc1. The summed E-state index contributed by atoms with van der Waals surface area (Å²) in [6.45, 7) is 1.88. The number of rotatable bonds is 6. The zero-order valence-corrected chi connectivity index (χ0v) is 15.8. The largest absolute Gasteiger partial charge is 0.280 e. The topological polar surface area (TPSA) is 101 Å². The molecule has 142 valence electrons. The van der Waals surface area contributed by atoms with E-state index >= 15 is 0 Å². The van der Waals surface area contributed by atoms with Crippen molar-refractivity contribution < 1.29 is 13.2 Å². The molecular weight excluding hydrogens is 376 g/mol. The summed E-state index contributed by atoms with van der Waals surface area (Å²) >= 11 is 0. The lowest BCUT2D eigenvalue weighted by molar-refractivity contribution is 0.0955. The number of hydrazone groups is 1. The highest BCUT2D eigenvalue weighted by Gasteiger charge is 2.14. The maximum atomic E-state index is 12.4. The molecule has 8 heteroatoms. The molecule has 0 aliphatic carbocycles. The molecule has 7 nitrogen and oxygen atoms in total. The van der Waals surface area contributed by atoms with Crippen LogP contribution in [0, 0.1) is 6.92 Å². The second kappa shape index (κ2) is 8.45. The number of amides is 1. The first kappa shape index (κ1) is 19.2. The van der Waals surface area contributed by atoms with E-state index in [1.807, 2.05) is 6.92 Å². The summed E-state index contributed by atoms with van der Waals surface area (Å²) in [5.41, 5.74) is 4.84. The third-order valence-corrected chi connectivity index (χ3v) is 5.19. The summed E-state index contributed by atoms with van der Waals surface area (Å²) in [5, 5.41) is 3.87. The standard InChI is InChI=1S/C20H18N4O3S/c1-15-4-10-19(11-5-15)28(26,27)24-18-8-6-17(7-9-18)20(25)23-22-14-16-3-2-12-21-13-16/h2-14,24H,1H3,(H,23,25). The number of pyridine rings is 1. The highest BCUT2D eigenvalue weighted by atomic mass is 32.2. The molecule has 2 N–H and O–H groups in total. The molecule has 28 heavy (non-hydrogen) atoms. The molecule has 0 bridgehead atoms. The van der Waals surface area contributed by atoms with Crippen LogP contribution in [0.25, 0.3) is 0 Å². The number of carbonyl (C=O) groups excluding carboxylic acids is 1. The van der Waals surface area contributed by atoms with Crippen molar-refractivity contribution in [3.05, 3.63) is 89.7 Å². The Kier molecular flexibility index (Phi) is 5.81. The first-order valence-electron chi connectivity index (χ1n) is 8.37. The zero-order valence-electron chi connectivity index (χ0n) is 15.0. The Bertz CT molecular complexity index is 1080. The fourth-order valence-electron chi connectivity index (χ4n) is 2.30. The van der Waals surface area contributed by atoms with E-state index in [1.165, 1.54) is 30.5 Å². The van der Waals surface area contributed by atoms with E-state index in [0.29, 0.717) is 11.3 Å². The monoisotopic (exact) mass is 394 g/mol. The van der Waals surface area contributed by atoms with Gasteiger partial charge in [-0.25, -0.2) is 13.8 Å². The van der Waals surface area contributed by atoms with Gasteiger partial charge in [-0.15, -0.1) is 0 Å². The Morgan fingerprint density at radius 2 is 1.75 bits per heavy atom. The first-order chi connectivity index (χ1) is 13.4. The molecule has 0 unspecified atom stereocenters. The van der Waals surface area contributed by atoms with Crippen LogP contribution in [0.15, 0.2) is 83.1 Å². The number of anilines is 1. The lowest BCUT2D eigenvalue weighted by atomic mass is 10.2. The van der Waals surface area contributed by atoms with Gasteiger partial charge >= 0.3 is 0 Å². The normalized spacial score (nSPS) is 11.3. The summed E-state index contributed by atoms with van der Waals surface area (Å²) in [7, 11) is -3.69. The van der Waals surface area contributed by atoms with Crippen molar-refractivity contribution in [2.75, 3.05) is 4.72 Å². The van der Waals surface area contributed by atoms with Crippen LogP contribution in [0.5, 0.6) is 0 Å². The summed E-state index contributed by atoms with van der Waals surface area (Å²) in [5.74, 6) is -0.409. The molecule has 0 radical (unpaired) electrons. The van der Waals surface area contributed by atoms with Crippen molar-refractivity contribution in [1.29, 1.82) is 0 Å². The maximum Gasteiger partial charge on any atom is 0.271 e. The number of hydrogen-bond donors (Lipinski definition) is 2. The van der Waals surface area contributed by atoms with Crippen molar-refractivity contribution in [2.24, 2.45) is 5.10 Å². The van der Waals surface area contributed by atoms with E-state index < -0.39 is 15.9 Å². The lowest BCUT2D eigenvalue weighted by Gasteiger charge is -2.09. The lowest BCUT2D eigenvalue weighted by Crippen LogP contribution is -2.18. The summed E-state index contributed by atoms with van der Waals surface area (Å²) in [4.78, 5) is 16.2. The van der Waals surface area contributed by atoms with Crippen LogP contribution in [0.2, 0.25) is 0 Å². The van der Waals surface area contributed by atoms with Gasteiger partial charge in [-0.2, -0.15) is 5.10 Å². The number of carbonyl (C=O) groups is 1. The van der Waals surface area contributed by atoms with Gasteiger partial charge in [0, 0.05) is 29.2 Å². The third-order valence-electron chi connectivity index (χ3n) is 3.79. The maximum absolute atomic E-state index is 12.4. The quantitative estimate of drug-likeness (QED) is 0.496. The van der Waals surface area contributed by atoms with Crippen LogP contribution in [0.4, 0.5) is 5.69 Å². The van der Waals surface area contributed by atoms with Crippen LogP contribution in [-0.2, 0) is 10.0 Å². The third kappa shape index (κ3) is 5.01. The van der Waals surface area contributed by atoms with Crippen molar-refractivity contribution in [2.45, 2.75) is 11.8 Å². The van der Waals surface area contributed by atoms with E-state index in [2.05, 4.69) is 20.2 Å². The second-order valence-electron chi connectivity index (χ2n) is 5.98. The van der Waals surface area contributed by atoms with E-state index in [9.17, 15) is 13.2 Å². The number of hydrogen-bond acceptors (Lipinski definition) is 5. The van der Waals surface area contributed by atoms with Gasteiger partial charge < -0.3 is 0 Å². The molecule has 0 spiro atoms. The Morgan fingerprint density at radius 1 is 1.04 bits per heavy atom. The van der Waals surface area contributed by atoms with Crippen molar-refractivity contribution >= 4 is 27.8 Å². The number of benzene rings is 2. The van der Waals surface area contributed by atoms with Gasteiger partial charge in [-0.3, -0.25) is 14.5 Å². The van der Waals surface area contributed by atoms with E-state index in [4.69, 9.17) is 0 Å². The molecule has 0 saturated carbocycles. The van der Waals surface area contributed by atoms with Gasteiger partial charge in [0.2, 0.25) is 0 Å². The molecule has 0 aliphatic rings. The summed E-state index contributed by atoms with van der Waals surface area (Å²) < 4.78 is 27.3. The Balaban J connectivity index is 1.63. The van der Waals surface area contributed by atoms with Crippen LogP contribution >= 0.6 is 0 Å². The Morgan fingerprint density at radius 3 is 2.39 bits per heavy atom. The van der Waals surface area contributed by atoms with Crippen molar-refractivity contribution in [3.8, 4) is 0 Å². The minimum absolute atomic E-state index is 0.171. The Labute approximate surface area is 163 Å². The molecule has 3 rings (SSSR count). The molecule has 0 saturated heterocycles. The fourth-order valence-corrected chi connectivity index (χ4v) is 3.36. The average Bonchev–Trinajstić information content (AvgIpc) is 2.69. The molecule has 0 fully saturated rings. The van der Waals surface area contributed by atoms with E-state index in [0.717, 1.165) is 11.1 Å². The number of sulfonamides is 1. The van der Waals surface area contributed by atoms with Gasteiger partial charge in [0.1, 0.15) is 0 Å².